The lowest BCUT2D eigenvalue weighted by molar-refractivity contribution is 0.797. The van der Waals surface area contributed by atoms with Crippen LogP contribution in [0, 0.1) is 0 Å². The number of rotatable bonds is 5. The standard InChI is InChI=1S/C11H18/c1-4-7-9-11(6-3)10-8-5-2/h4,6-7,9H,1,5,8,10H2,2-3H3/b9-7-,11-6+. The molecule has 0 fully saturated rings. The molecule has 0 heteroatoms. The molecule has 62 valence electrons. The van der Waals surface area contributed by atoms with Crippen molar-refractivity contribution in [1.82, 2.24) is 0 Å². The zero-order valence-corrected chi connectivity index (χ0v) is 7.64. The van der Waals surface area contributed by atoms with Crippen molar-refractivity contribution in [2.45, 2.75) is 33.1 Å². The number of hydrogen-bond donors (Lipinski definition) is 0. The van der Waals surface area contributed by atoms with Crippen molar-refractivity contribution < 1.29 is 0 Å². The van der Waals surface area contributed by atoms with Crippen LogP contribution in [0.1, 0.15) is 33.1 Å². The van der Waals surface area contributed by atoms with Crippen LogP contribution in [0.5, 0.6) is 0 Å². The molecule has 0 nitrogen and oxygen atoms in total. The Morgan fingerprint density at radius 3 is 2.64 bits per heavy atom. The molecule has 0 aliphatic carbocycles. The van der Waals surface area contributed by atoms with Crippen LogP contribution in [-0.2, 0) is 0 Å². The zero-order valence-electron chi connectivity index (χ0n) is 7.64. The second kappa shape index (κ2) is 7.33. The van der Waals surface area contributed by atoms with Gasteiger partial charge in [0.2, 0.25) is 0 Å². The molecular weight excluding hydrogens is 132 g/mol. The largest absolute Gasteiger partial charge is 0.0991 e. The molecule has 0 aliphatic heterocycles. The highest BCUT2D eigenvalue weighted by Gasteiger charge is 1.88. The van der Waals surface area contributed by atoms with Gasteiger partial charge in [0.15, 0.2) is 0 Å². The lowest BCUT2D eigenvalue weighted by atomic mass is 10.1. The van der Waals surface area contributed by atoms with Gasteiger partial charge in [-0.2, -0.15) is 0 Å². The predicted octanol–water partition coefficient (Wildman–Crippen LogP) is 3.87. The van der Waals surface area contributed by atoms with E-state index < -0.39 is 0 Å². The Kier molecular flexibility index (Phi) is 6.81. The van der Waals surface area contributed by atoms with Crippen LogP contribution in [0.25, 0.3) is 0 Å². The van der Waals surface area contributed by atoms with E-state index in [-0.39, 0.29) is 0 Å². The lowest BCUT2D eigenvalue weighted by Crippen LogP contribution is -1.77. The Morgan fingerprint density at radius 1 is 1.45 bits per heavy atom. The van der Waals surface area contributed by atoms with Crippen LogP contribution >= 0.6 is 0 Å². The highest BCUT2D eigenvalue weighted by molar-refractivity contribution is 5.20. The monoisotopic (exact) mass is 150 g/mol. The second-order valence-corrected chi connectivity index (χ2v) is 2.56. The third kappa shape index (κ3) is 5.65. The summed E-state index contributed by atoms with van der Waals surface area (Å²) in [5, 5.41) is 0. The Labute approximate surface area is 70.3 Å². The highest BCUT2D eigenvalue weighted by Crippen LogP contribution is 2.08. The summed E-state index contributed by atoms with van der Waals surface area (Å²) in [6.45, 7) is 7.93. The van der Waals surface area contributed by atoms with E-state index in [0.717, 1.165) is 0 Å². The minimum atomic E-state index is 1.19. The molecule has 0 rings (SSSR count). The molecule has 0 bridgehead atoms. The molecule has 0 radical (unpaired) electrons. The first-order chi connectivity index (χ1) is 5.35. The molecule has 0 aromatic carbocycles. The van der Waals surface area contributed by atoms with Gasteiger partial charge < -0.3 is 0 Å². The van der Waals surface area contributed by atoms with Crippen LogP contribution in [0.15, 0.2) is 36.5 Å². The predicted molar refractivity (Wildman–Crippen MR) is 52.6 cm³/mol. The molecule has 11 heavy (non-hydrogen) atoms. The molecule has 0 saturated carbocycles. The molecule has 0 aliphatic rings. The van der Waals surface area contributed by atoms with Crippen LogP contribution in [0.3, 0.4) is 0 Å². The Bertz CT molecular complexity index is 149. The first kappa shape index (κ1) is 10.2. The number of allylic oxidation sites excluding steroid dienone is 5. The maximum atomic E-state index is 3.63. The zero-order chi connectivity index (χ0) is 8.53. The van der Waals surface area contributed by atoms with Gasteiger partial charge in [0.25, 0.3) is 0 Å². The van der Waals surface area contributed by atoms with E-state index in [9.17, 15) is 0 Å². The smallest absolute Gasteiger partial charge is 0.0282 e. The van der Waals surface area contributed by atoms with E-state index >= 15 is 0 Å². The summed E-state index contributed by atoms with van der Waals surface area (Å²) in [7, 11) is 0. The third-order valence-corrected chi connectivity index (χ3v) is 1.64. The highest BCUT2D eigenvalue weighted by atomic mass is 13.9. The molecule has 0 saturated heterocycles. The quantitative estimate of drug-likeness (QED) is 0.522. The van der Waals surface area contributed by atoms with Crippen molar-refractivity contribution in [2.24, 2.45) is 0 Å². The first-order valence-corrected chi connectivity index (χ1v) is 4.29. The van der Waals surface area contributed by atoms with Crippen LogP contribution in [0.4, 0.5) is 0 Å². The van der Waals surface area contributed by atoms with Crippen molar-refractivity contribution in [2.75, 3.05) is 0 Å². The van der Waals surface area contributed by atoms with Gasteiger partial charge in [-0.15, -0.1) is 0 Å². The Balaban J connectivity index is 3.77. The molecule has 0 aromatic rings. The van der Waals surface area contributed by atoms with Crippen molar-refractivity contribution in [1.29, 1.82) is 0 Å². The van der Waals surface area contributed by atoms with Gasteiger partial charge in [-0.25, -0.2) is 0 Å². The van der Waals surface area contributed by atoms with Gasteiger partial charge in [-0.1, -0.05) is 49.8 Å². The maximum Gasteiger partial charge on any atom is -0.0282 e. The summed E-state index contributed by atoms with van der Waals surface area (Å²) < 4.78 is 0. The van der Waals surface area contributed by atoms with E-state index in [2.05, 4.69) is 32.6 Å². The molecule has 0 amide bonds. The van der Waals surface area contributed by atoms with Crippen molar-refractivity contribution in [3.63, 3.8) is 0 Å². The molecule has 0 heterocycles. The average molecular weight is 150 g/mol. The van der Waals surface area contributed by atoms with E-state index in [1.54, 1.807) is 0 Å². The Hall–Kier alpha value is -0.780. The van der Waals surface area contributed by atoms with Crippen molar-refractivity contribution >= 4 is 0 Å². The molecule has 0 N–H and O–H groups in total. The normalized spacial score (nSPS) is 12.4. The summed E-state index contributed by atoms with van der Waals surface area (Å²) >= 11 is 0. The molecule has 0 spiro atoms. The van der Waals surface area contributed by atoms with Gasteiger partial charge in [0, 0.05) is 0 Å². The summed E-state index contributed by atoms with van der Waals surface area (Å²) in [4.78, 5) is 0. The summed E-state index contributed by atoms with van der Waals surface area (Å²) in [6.07, 6.45) is 11.8. The average Bonchev–Trinajstić information content (AvgIpc) is 2.05. The van der Waals surface area contributed by atoms with Crippen molar-refractivity contribution in [3.8, 4) is 0 Å². The fourth-order valence-electron chi connectivity index (χ4n) is 0.896. The van der Waals surface area contributed by atoms with Crippen molar-refractivity contribution in [3.05, 3.63) is 36.5 Å². The molecule has 0 unspecified atom stereocenters. The van der Waals surface area contributed by atoms with Crippen LogP contribution < -0.4 is 0 Å². The van der Waals surface area contributed by atoms with Gasteiger partial charge in [-0.05, 0) is 19.8 Å². The summed E-state index contributed by atoms with van der Waals surface area (Å²) in [5.41, 5.74) is 1.41. The van der Waals surface area contributed by atoms with Crippen LogP contribution in [-0.4, -0.2) is 0 Å². The van der Waals surface area contributed by atoms with E-state index in [4.69, 9.17) is 0 Å². The number of hydrogen-bond acceptors (Lipinski definition) is 0. The van der Waals surface area contributed by atoms with E-state index in [1.807, 2.05) is 12.2 Å². The van der Waals surface area contributed by atoms with Gasteiger partial charge in [0.05, 0.1) is 0 Å². The minimum Gasteiger partial charge on any atom is -0.0991 e. The molecule has 0 aromatic heterocycles. The number of unbranched alkanes of at least 4 members (excludes halogenated alkanes) is 1. The summed E-state index contributed by atoms with van der Waals surface area (Å²) in [5.74, 6) is 0. The summed E-state index contributed by atoms with van der Waals surface area (Å²) in [6, 6.07) is 0. The van der Waals surface area contributed by atoms with E-state index in [1.165, 1.54) is 24.8 Å². The molecular formula is C11H18. The van der Waals surface area contributed by atoms with Gasteiger partial charge in [-0.3, -0.25) is 0 Å². The first-order valence-electron chi connectivity index (χ1n) is 4.29. The SMILES string of the molecule is C=C/C=C\C(=C/C)CCCC. The third-order valence-electron chi connectivity index (χ3n) is 1.64. The fourth-order valence-corrected chi connectivity index (χ4v) is 0.896. The second-order valence-electron chi connectivity index (χ2n) is 2.56. The fraction of sp³-hybridized carbons (Fsp3) is 0.455. The lowest BCUT2D eigenvalue weighted by Gasteiger charge is -1.97. The topological polar surface area (TPSA) is 0 Å². The Morgan fingerprint density at radius 2 is 2.18 bits per heavy atom. The molecule has 0 atom stereocenters. The maximum absolute atomic E-state index is 3.63. The van der Waals surface area contributed by atoms with Gasteiger partial charge >= 0.3 is 0 Å². The van der Waals surface area contributed by atoms with E-state index in [0.29, 0.717) is 0 Å². The van der Waals surface area contributed by atoms with Gasteiger partial charge in [0.1, 0.15) is 0 Å². The minimum absolute atomic E-state index is 1.19. The van der Waals surface area contributed by atoms with Crippen LogP contribution in [0.2, 0.25) is 0 Å².